The highest BCUT2D eigenvalue weighted by Gasteiger charge is 2.30. The lowest BCUT2D eigenvalue weighted by Gasteiger charge is -2.24. The molecule has 0 unspecified atom stereocenters. The molecule has 2 fully saturated rings. The SMILES string of the molecule is CON1C(=O)CCC1=C1CCC1. The fraction of sp³-hybridized carbons (Fsp3) is 0.667. The molecule has 2 rings (SSSR count). The molecule has 0 bridgehead atoms. The van der Waals surface area contributed by atoms with Gasteiger partial charge in [-0.05, 0) is 31.3 Å². The predicted octanol–water partition coefficient (Wildman–Crippen LogP) is 1.61. The molecule has 1 heterocycles. The van der Waals surface area contributed by atoms with Crippen LogP contribution < -0.4 is 0 Å². The van der Waals surface area contributed by atoms with Gasteiger partial charge < -0.3 is 0 Å². The Kier molecular flexibility index (Phi) is 1.89. The summed E-state index contributed by atoms with van der Waals surface area (Å²) in [6.07, 6.45) is 5.07. The van der Waals surface area contributed by atoms with E-state index in [0.717, 1.165) is 25.0 Å². The Bertz CT molecular complexity index is 239. The van der Waals surface area contributed by atoms with Crippen molar-refractivity contribution in [2.75, 3.05) is 7.11 Å². The summed E-state index contributed by atoms with van der Waals surface area (Å²) in [4.78, 5) is 16.2. The van der Waals surface area contributed by atoms with E-state index in [1.165, 1.54) is 17.1 Å². The second kappa shape index (κ2) is 2.90. The predicted molar refractivity (Wildman–Crippen MR) is 44.0 cm³/mol. The lowest BCUT2D eigenvalue weighted by Crippen LogP contribution is -2.23. The maximum atomic E-state index is 11.2. The zero-order valence-electron chi connectivity index (χ0n) is 7.30. The third kappa shape index (κ3) is 1.05. The van der Waals surface area contributed by atoms with Crippen molar-refractivity contribution in [3.8, 4) is 0 Å². The summed E-state index contributed by atoms with van der Waals surface area (Å²) in [7, 11) is 1.56. The van der Waals surface area contributed by atoms with E-state index in [-0.39, 0.29) is 5.91 Å². The van der Waals surface area contributed by atoms with E-state index in [2.05, 4.69) is 0 Å². The zero-order valence-corrected chi connectivity index (χ0v) is 7.30. The van der Waals surface area contributed by atoms with Crippen molar-refractivity contribution in [2.24, 2.45) is 0 Å². The summed E-state index contributed by atoms with van der Waals surface area (Å²) < 4.78 is 0. The first-order valence-electron chi connectivity index (χ1n) is 4.41. The van der Waals surface area contributed by atoms with Gasteiger partial charge in [0.1, 0.15) is 0 Å². The van der Waals surface area contributed by atoms with Crippen LogP contribution in [0.1, 0.15) is 32.1 Å². The molecule has 12 heavy (non-hydrogen) atoms. The van der Waals surface area contributed by atoms with Crippen LogP contribution in [0, 0.1) is 0 Å². The molecular formula is C9H13NO2. The van der Waals surface area contributed by atoms with E-state index >= 15 is 0 Å². The smallest absolute Gasteiger partial charge is 0.250 e. The van der Waals surface area contributed by atoms with Crippen molar-refractivity contribution < 1.29 is 9.63 Å². The topological polar surface area (TPSA) is 29.5 Å². The van der Waals surface area contributed by atoms with E-state index in [4.69, 9.17) is 4.84 Å². The number of rotatable bonds is 1. The Morgan fingerprint density at radius 3 is 2.50 bits per heavy atom. The van der Waals surface area contributed by atoms with Gasteiger partial charge in [0.2, 0.25) is 0 Å². The number of hydroxylamine groups is 2. The number of nitrogens with zero attached hydrogens (tertiary/aromatic N) is 1. The molecule has 1 aliphatic heterocycles. The third-order valence-electron chi connectivity index (χ3n) is 2.60. The van der Waals surface area contributed by atoms with Gasteiger partial charge >= 0.3 is 0 Å². The lowest BCUT2D eigenvalue weighted by atomic mass is 9.90. The Labute approximate surface area is 71.9 Å². The normalized spacial score (nSPS) is 23.4. The highest BCUT2D eigenvalue weighted by atomic mass is 16.7. The van der Waals surface area contributed by atoms with E-state index in [9.17, 15) is 4.79 Å². The minimum absolute atomic E-state index is 0.104. The summed E-state index contributed by atoms with van der Waals surface area (Å²) >= 11 is 0. The van der Waals surface area contributed by atoms with E-state index < -0.39 is 0 Å². The van der Waals surface area contributed by atoms with Crippen LogP contribution in [-0.2, 0) is 9.63 Å². The second-order valence-electron chi connectivity index (χ2n) is 3.27. The number of hydrogen-bond acceptors (Lipinski definition) is 2. The molecule has 0 spiro atoms. The molecule has 2 aliphatic rings. The van der Waals surface area contributed by atoms with Crippen molar-refractivity contribution in [3.05, 3.63) is 11.3 Å². The molecule has 0 atom stereocenters. The molecule has 3 heteroatoms. The summed E-state index contributed by atoms with van der Waals surface area (Å²) in [5.41, 5.74) is 2.55. The summed E-state index contributed by atoms with van der Waals surface area (Å²) in [5, 5.41) is 1.47. The first kappa shape index (κ1) is 7.80. The molecule has 1 saturated carbocycles. The van der Waals surface area contributed by atoms with Crippen molar-refractivity contribution >= 4 is 5.91 Å². The third-order valence-corrected chi connectivity index (χ3v) is 2.60. The maximum Gasteiger partial charge on any atom is 0.250 e. The fourth-order valence-corrected chi connectivity index (χ4v) is 1.75. The summed E-state index contributed by atoms with van der Waals surface area (Å²) in [6.45, 7) is 0. The van der Waals surface area contributed by atoms with Crippen LogP contribution in [0.15, 0.2) is 11.3 Å². The molecule has 1 saturated heterocycles. The van der Waals surface area contributed by atoms with Gasteiger partial charge in [-0.1, -0.05) is 0 Å². The number of carbonyl (C=O) groups is 1. The molecule has 1 amide bonds. The largest absolute Gasteiger partial charge is 0.272 e. The van der Waals surface area contributed by atoms with Gasteiger partial charge in [-0.25, -0.2) is 0 Å². The Balaban J connectivity index is 2.20. The standard InChI is InChI=1S/C9H13NO2/c1-12-10-8(5-6-9(10)11)7-3-2-4-7/h2-6H2,1H3. The van der Waals surface area contributed by atoms with Gasteiger partial charge in [0.15, 0.2) is 0 Å². The zero-order chi connectivity index (χ0) is 8.55. The molecular weight excluding hydrogens is 154 g/mol. The van der Waals surface area contributed by atoms with Gasteiger partial charge in [0.25, 0.3) is 5.91 Å². The molecule has 0 aromatic heterocycles. The molecule has 0 N–H and O–H groups in total. The Morgan fingerprint density at radius 2 is 2.00 bits per heavy atom. The summed E-state index contributed by atoms with van der Waals surface area (Å²) in [6, 6.07) is 0. The molecule has 3 nitrogen and oxygen atoms in total. The highest BCUT2D eigenvalue weighted by molar-refractivity contribution is 5.80. The minimum Gasteiger partial charge on any atom is -0.272 e. The van der Waals surface area contributed by atoms with Crippen molar-refractivity contribution in [1.82, 2.24) is 5.06 Å². The fourth-order valence-electron chi connectivity index (χ4n) is 1.75. The highest BCUT2D eigenvalue weighted by Crippen LogP contribution is 2.35. The van der Waals surface area contributed by atoms with Crippen LogP contribution >= 0.6 is 0 Å². The van der Waals surface area contributed by atoms with Gasteiger partial charge in [0, 0.05) is 12.1 Å². The van der Waals surface area contributed by atoms with Crippen molar-refractivity contribution in [3.63, 3.8) is 0 Å². The number of amides is 1. The van der Waals surface area contributed by atoms with Crippen LogP contribution in [0.2, 0.25) is 0 Å². The van der Waals surface area contributed by atoms with Gasteiger partial charge in [-0.3, -0.25) is 9.63 Å². The Morgan fingerprint density at radius 1 is 1.25 bits per heavy atom. The van der Waals surface area contributed by atoms with E-state index in [1.54, 1.807) is 7.11 Å². The van der Waals surface area contributed by atoms with Crippen molar-refractivity contribution in [1.29, 1.82) is 0 Å². The van der Waals surface area contributed by atoms with Crippen LogP contribution in [0.3, 0.4) is 0 Å². The minimum atomic E-state index is 0.104. The van der Waals surface area contributed by atoms with Crippen molar-refractivity contribution in [2.45, 2.75) is 32.1 Å². The molecule has 0 aromatic rings. The average Bonchev–Trinajstić information content (AvgIpc) is 2.29. The number of hydrogen-bond donors (Lipinski definition) is 0. The summed E-state index contributed by atoms with van der Waals surface area (Å²) in [5.74, 6) is 0.104. The Hall–Kier alpha value is -0.830. The second-order valence-corrected chi connectivity index (χ2v) is 3.27. The van der Waals surface area contributed by atoms with Crippen LogP contribution in [0.4, 0.5) is 0 Å². The molecule has 0 radical (unpaired) electrons. The lowest BCUT2D eigenvalue weighted by molar-refractivity contribution is -0.160. The van der Waals surface area contributed by atoms with Gasteiger partial charge in [-0.15, -0.1) is 0 Å². The van der Waals surface area contributed by atoms with Gasteiger partial charge in [-0.2, -0.15) is 5.06 Å². The molecule has 1 aliphatic carbocycles. The first-order chi connectivity index (χ1) is 5.83. The van der Waals surface area contributed by atoms with Crippen LogP contribution in [0.5, 0.6) is 0 Å². The molecule has 66 valence electrons. The first-order valence-corrected chi connectivity index (χ1v) is 4.41. The maximum absolute atomic E-state index is 11.2. The average molecular weight is 167 g/mol. The van der Waals surface area contributed by atoms with E-state index in [0.29, 0.717) is 6.42 Å². The quantitative estimate of drug-likeness (QED) is 0.593. The van der Waals surface area contributed by atoms with Crippen LogP contribution in [-0.4, -0.2) is 18.1 Å². The number of allylic oxidation sites excluding steroid dienone is 2. The van der Waals surface area contributed by atoms with E-state index in [1.807, 2.05) is 0 Å². The molecule has 0 aromatic carbocycles. The number of carbonyl (C=O) groups excluding carboxylic acids is 1. The monoisotopic (exact) mass is 167 g/mol. The van der Waals surface area contributed by atoms with Crippen LogP contribution in [0.25, 0.3) is 0 Å². The van der Waals surface area contributed by atoms with Gasteiger partial charge in [0.05, 0.1) is 7.11 Å².